The lowest BCUT2D eigenvalue weighted by atomic mass is 10.3. The van der Waals surface area contributed by atoms with Gasteiger partial charge < -0.3 is 10.4 Å². The molecule has 0 spiro atoms. The zero-order valence-corrected chi connectivity index (χ0v) is 8.70. The molecule has 0 bridgehead atoms. The van der Waals surface area contributed by atoms with Crippen molar-refractivity contribution in [2.45, 2.75) is 12.6 Å². The maximum Gasteiger partial charge on any atom is 0.0883 e. The monoisotopic (exact) mass is 214 g/mol. The molecule has 1 unspecified atom stereocenters. The first-order valence-corrected chi connectivity index (χ1v) is 5.45. The van der Waals surface area contributed by atoms with Crippen LogP contribution in [-0.2, 0) is 6.54 Å². The molecule has 1 fully saturated rings. The molecule has 1 aliphatic rings. The van der Waals surface area contributed by atoms with Crippen LogP contribution < -0.4 is 5.32 Å². The normalized spacial score (nSPS) is 24.8. The summed E-state index contributed by atoms with van der Waals surface area (Å²) in [4.78, 5) is 2.20. The van der Waals surface area contributed by atoms with E-state index in [-0.39, 0.29) is 6.10 Å². The predicted molar refractivity (Wildman–Crippen MR) is 54.1 cm³/mol. The van der Waals surface area contributed by atoms with Crippen molar-refractivity contribution in [2.24, 2.45) is 0 Å². The van der Waals surface area contributed by atoms with E-state index in [4.69, 9.17) is 0 Å². The quantitative estimate of drug-likeness (QED) is 0.682. The average molecular weight is 214 g/mol. The number of hydrogen-bond donors (Lipinski definition) is 2. The van der Waals surface area contributed by atoms with Crippen molar-refractivity contribution < 1.29 is 5.11 Å². The van der Waals surface area contributed by atoms with E-state index in [1.54, 1.807) is 6.20 Å². The van der Waals surface area contributed by atoms with Crippen molar-refractivity contribution in [2.75, 3.05) is 26.2 Å². The van der Waals surface area contributed by atoms with Gasteiger partial charge in [-0.1, -0.05) is 0 Å². The van der Waals surface area contributed by atoms with Gasteiger partial charge in [-0.25, -0.2) is 0 Å². The lowest BCUT2D eigenvalue weighted by Crippen LogP contribution is -2.32. The van der Waals surface area contributed by atoms with Gasteiger partial charge in [0.25, 0.3) is 0 Å². The summed E-state index contributed by atoms with van der Waals surface area (Å²) >= 11 is 1.23. The number of nitrogens with zero attached hydrogens (tertiary/aromatic N) is 3. The van der Waals surface area contributed by atoms with E-state index in [1.807, 2.05) is 0 Å². The first-order valence-electron chi connectivity index (χ1n) is 4.72. The van der Waals surface area contributed by atoms with Crippen LogP contribution in [0, 0.1) is 0 Å². The van der Waals surface area contributed by atoms with E-state index in [9.17, 15) is 5.11 Å². The van der Waals surface area contributed by atoms with Crippen molar-refractivity contribution in [3.63, 3.8) is 0 Å². The van der Waals surface area contributed by atoms with Crippen LogP contribution in [0.1, 0.15) is 5.69 Å². The maximum atomic E-state index is 9.55. The first-order chi connectivity index (χ1) is 6.84. The third-order valence-corrected chi connectivity index (χ3v) is 2.76. The fraction of sp³-hybridized carbons (Fsp3) is 0.750. The summed E-state index contributed by atoms with van der Waals surface area (Å²) in [5.41, 5.74) is 0.990. The molecule has 0 radical (unpaired) electrons. The molecule has 2 heterocycles. The molecule has 14 heavy (non-hydrogen) atoms. The fourth-order valence-corrected chi connectivity index (χ4v) is 2.01. The standard InChI is InChI=1S/C8H14N4OS/c13-8-4-9-1-2-12(6-8)5-7-3-10-14-11-7/h3,8-9,13H,1-2,4-6H2. The summed E-state index contributed by atoms with van der Waals surface area (Å²) in [7, 11) is 0. The van der Waals surface area contributed by atoms with Gasteiger partial charge in [0.15, 0.2) is 0 Å². The lowest BCUT2D eigenvalue weighted by Gasteiger charge is -2.19. The van der Waals surface area contributed by atoms with E-state index in [0.29, 0.717) is 13.1 Å². The number of hydrogen-bond acceptors (Lipinski definition) is 6. The zero-order valence-electron chi connectivity index (χ0n) is 7.89. The molecule has 1 saturated heterocycles. The summed E-state index contributed by atoms with van der Waals surface area (Å²) in [6.07, 6.45) is 1.51. The van der Waals surface area contributed by atoms with Crippen LogP contribution in [0.3, 0.4) is 0 Å². The lowest BCUT2D eigenvalue weighted by molar-refractivity contribution is 0.127. The van der Waals surface area contributed by atoms with Gasteiger partial charge in [0.2, 0.25) is 0 Å². The van der Waals surface area contributed by atoms with Crippen LogP contribution >= 0.6 is 11.7 Å². The van der Waals surface area contributed by atoms with Gasteiger partial charge >= 0.3 is 0 Å². The Balaban J connectivity index is 1.90. The molecule has 1 aromatic rings. The van der Waals surface area contributed by atoms with E-state index in [2.05, 4.69) is 19.0 Å². The van der Waals surface area contributed by atoms with Gasteiger partial charge in [-0.3, -0.25) is 4.90 Å². The molecule has 1 atom stereocenters. The van der Waals surface area contributed by atoms with Crippen molar-refractivity contribution in [3.8, 4) is 0 Å². The number of aromatic nitrogens is 2. The molecule has 0 aromatic carbocycles. The van der Waals surface area contributed by atoms with Crippen LogP contribution in [0.2, 0.25) is 0 Å². The van der Waals surface area contributed by atoms with Gasteiger partial charge in [-0.2, -0.15) is 8.75 Å². The second-order valence-electron chi connectivity index (χ2n) is 3.49. The third-order valence-electron chi connectivity index (χ3n) is 2.25. The summed E-state index contributed by atoms with van der Waals surface area (Å²) in [5, 5.41) is 12.7. The van der Waals surface area contributed by atoms with Gasteiger partial charge in [0.05, 0.1) is 29.7 Å². The Hall–Kier alpha value is -0.560. The molecule has 0 amide bonds. The summed E-state index contributed by atoms with van der Waals surface area (Å²) < 4.78 is 8.11. The topological polar surface area (TPSA) is 61.3 Å². The van der Waals surface area contributed by atoms with E-state index >= 15 is 0 Å². The Morgan fingerprint density at radius 2 is 2.64 bits per heavy atom. The van der Waals surface area contributed by atoms with E-state index in [1.165, 1.54) is 11.7 Å². The maximum absolute atomic E-state index is 9.55. The largest absolute Gasteiger partial charge is 0.390 e. The summed E-state index contributed by atoms with van der Waals surface area (Å²) in [5.74, 6) is 0. The minimum absolute atomic E-state index is 0.274. The molecule has 2 rings (SSSR count). The van der Waals surface area contributed by atoms with Crippen LogP contribution in [0.5, 0.6) is 0 Å². The van der Waals surface area contributed by atoms with Crippen molar-refractivity contribution in [1.82, 2.24) is 19.0 Å². The highest BCUT2D eigenvalue weighted by molar-refractivity contribution is 6.99. The number of β-amino-alcohol motifs (C(OH)–C–C–N with tert-alkyl or cyclic N) is 1. The second kappa shape index (κ2) is 4.79. The molecular formula is C8H14N4OS. The first kappa shape index (κ1) is 9.97. The molecule has 6 heteroatoms. The Bertz CT molecular complexity index is 266. The Morgan fingerprint density at radius 1 is 1.71 bits per heavy atom. The third kappa shape index (κ3) is 2.71. The number of nitrogens with one attached hydrogen (secondary N) is 1. The highest BCUT2D eigenvalue weighted by Gasteiger charge is 2.16. The Kier molecular flexibility index (Phi) is 3.41. The zero-order chi connectivity index (χ0) is 9.80. The molecule has 2 N–H and O–H groups in total. The minimum atomic E-state index is -0.274. The van der Waals surface area contributed by atoms with Gasteiger partial charge in [0, 0.05) is 32.7 Å². The molecule has 5 nitrogen and oxygen atoms in total. The molecule has 78 valence electrons. The molecular weight excluding hydrogens is 200 g/mol. The van der Waals surface area contributed by atoms with Gasteiger partial charge in [-0.15, -0.1) is 0 Å². The average Bonchev–Trinajstić information content (AvgIpc) is 2.56. The van der Waals surface area contributed by atoms with Crippen LogP contribution in [0.4, 0.5) is 0 Å². The van der Waals surface area contributed by atoms with Gasteiger partial charge in [-0.05, 0) is 0 Å². The molecule has 1 aliphatic heterocycles. The van der Waals surface area contributed by atoms with Crippen molar-refractivity contribution >= 4 is 11.7 Å². The number of aliphatic hydroxyl groups excluding tert-OH is 1. The summed E-state index contributed by atoms with van der Waals surface area (Å²) in [6.45, 7) is 4.06. The minimum Gasteiger partial charge on any atom is -0.390 e. The highest BCUT2D eigenvalue weighted by Crippen LogP contribution is 2.04. The van der Waals surface area contributed by atoms with E-state index in [0.717, 1.165) is 25.3 Å². The van der Waals surface area contributed by atoms with Gasteiger partial charge in [0.1, 0.15) is 0 Å². The molecule has 1 aromatic heterocycles. The molecule has 0 saturated carbocycles. The fourth-order valence-electron chi connectivity index (χ4n) is 1.59. The smallest absolute Gasteiger partial charge is 0.0883 e. The molecule has 0 aliphatic carbocycles. The van der Waals surface area contributed by atoms with Crippen LogP contribution in [-0.4, -0.2) is 51.0 Å². The van der Waals surface area contributed by atoms with E-state index < -0.39 is 0 Å². The van der Waals surface area contributed by atoms with Crippen LogP contribution in [0.15, 0.2) is 6.20 Å². The van der Waals surface area contributed by atoms with Crippen molar-refractivity contribution in [1.29, 1.82) is 0 Å². The predicted octanol–water partition coefficient (Wildman–Crippen LogP) is -0.696. The summed E-state index contributed by atoms with van der Waals surface area (Å²) in [6, 6.07) is 0. The van der Waals surface area contributed by atoms with Crippen LogP contribution in [0.25, 0.3) is 0 Å². The number of rotatable bonds is 2. The van der Waals surface area contributed by atoms with Crippen molar-refractivity contribution in [3.05, 3.63) is 11.9 Å². The SMILES string of the molecule is OC1CNCCN(Cc2cnsn2)C1. The Morgan fingerprint density at radius 3 is 3.43 bits per heavy atom. The number of aliphatic hydroxyl groups is 1. The Labute approximate surface area is 87.1 Å². The second-order valence-corrected chi connectivity index (χ2v) is 4.05. The highest BCUT2D eigenvalue weighted by atomic mass is 32.1.